The highest BCUT2D eigenvalue weighted by Gasteiger charge is 2.28. The van der Waals surface area contributed by atoms with Crippen molar-refractivity contribution in [3.8, 4) is 0 Å². The van der Waals surface area contributed by atoms with Gasteiger partial charge in [-0.3, -0.25) is 0 Å². The lowest BCUT2D eigenvalue weighted by Gasteiger charge is -2.29. The summed E-state index contributed by atoms with van der Waals surface area (Å²) in [6.07, 6.45) is 6.08. The molecule has 104 valence electrons. The summed E-state index contributed by atoms with van der Waals surface area (Å²) in [6, 6.07) is 9.47. The summed E-state index contributed by atoms with van der Waals surface area (Å²) in [7, 11) is 0. The van der Waals surface area contributed by atoms with Crippen molar-refractivity contribution in [1.29, 1.82) is 0 Å². The van der Waals surface area contributed by atoms with Gasteiger partial charge >= 0.3 is 0 Å². The highest BCUT2D eigenvalue weighted by Crippen LogP contribution is 2.35. The molecule has 0 bridgehead atoms. The van der Waals surface area contributed by atoms with E-state index in [0.717, 1.165) is 25.3 Å². The van der Waals surface area contributed by atoms with E-state index in [0.29, 0.717) is 6.04 Å². The second-order valence-electron chi connectivity index (χ2n) is 6.05. The number of aryl methyl sites for hydroxylation is 2. The van der Waals surface area contributed by atoms with Gasteiger partial charge in [0.05, 0.1) is 11.7 Å². The summed E-state index contributed by atoms with van der Waals surface area (Å²) in [4.78, 5) is 4.84. The standard InChI is InChI=1S/C17H21N3/c1-12-6-8-13(9-7-12)15-10-11-18-17-19-14-4-2-3-5-16(14)20(15)17/h6-9,15H,2-5,10-11H2,1H3,(H,18,19). The Morgan fingerprint density at radius 2 is 1.95 bits per heavy atom. The highest BCUT2D eigenvalue weighted by atomic mass is 15.3. The maximum atomic E-state index is 4.84. The Hall–Kier alpha value is -1.77. The van der Waals surface area contributed by atoms with Gasteiger partial charge in [0.15, 0.2) is 0 Å². The van der Waals surface area contributed by atoms with Gasteiger partial charge in [-0.05, 0) is 44.6 Å². The van der Waals surface area contributed by atoms with Crippen molar-refractivity contribution >= 4 is 5.95 Å². The minimum Gasteiger partial charge on any atom is -0.356 e. The third-order valence-corrected chi connectivity index (χ3v) is 4.64. The van der Waals surface area contributed by atoms with Crippen LogP contribution in [0, 0.1) is 6.92 Å². The number of hydrogen-bond donors (Lipinski definition) is 1. The maximum absolute atomic E-state index is 4.84. The van der Waals surface area contributed by atoms with Gasteiger partial charge in [0.2, 0.25) is 5.95 Å². The smallest absolute Gasteiger partial charge is 0.203 e. The van der Waals surface area contributed by atoms with E-state index in [9.17, 15) is 0 Å². The zero-order valence-corrected chi connectivity index (χ0v) is 12.0. The molecule has 1 N–H and O–H groups in total. The fourth-order valence-electron chi connectivity index (χ4n) is 3.58. The molecule has 0 fully saturated rings. The Bertz CT molecular complexity index is 624. The average Bonchev–Trinajstić information content (AvgIpc) is 2.86. The van der Waals surface area contributed by atoms with Crippen LogP contribution in [0.5, 0.6) is 0 Å². The largest absolute Gasteiger partial charge is 0.356 e. The topological polar surface area (TPSA) is 29.9 Å². The van der Waals surface area contributed by atoms with Crippen LogP contribution in [0.1, 0.15) is 47.8 Å². The molecule has 1 aliphatic carbocycles. The lowest BCUT2D eigenvalue weighted by atomic mass is 9.97. The van der Waals surface area contributed by atoms with E-state index in [1.165, 1.54) is 41.8 Å². The third kappa shape index (κ3) is 1.84. The molecule has 0 saturated heterocycles. The number of imidazole rings is 1. The van der Waals surface area contributed by atoms with Crippen LogP contribution in [-0.2, 0) is 12.8 Å². The zero-order valence-electron chi connectivity index (χ0n) is 12.0. The van der Waals surface area contributed by atoms with Gasteiger partial charge in [0, 0.05) is 12.2 Å². The number of fused-ring (bicyclic) bond motifs is 3. The predicted octanol–water partition coefficient (Wildman–Crippen LogP) is 3.48. The number of anilines is 1. The van der Waals surface area contributed by atoms with Crippen molar-refractivity contribution in [2.45, 2.75) is 45.1 Å². The molecule has 1 aliphatic heterocycles. The van der Waals surface area contributed by atoms with E-state index >= 15 is 0 Å². The van der Waals surface area contributed by atoms with Gasteiger partial charge in [0.25, 0.3) is 0 Å². The Kier molecular flexibility index (Phi) is 2.79. The minimum atomic E-state index is 0.459. The highest BCUT2D eigenvalue weighted by molar-refractivity contribution is 5.41. The molecule has 1 aromatic heterocycles. The Morgan fingerprint density at radius 3 is 2.80 bits per heavy atom. The molecule has 4 rings (SSSR count). The van der Waals surface area contributed by atoms with Crippen molar-refractivity contribution in [3.05, 3.63) is 46.8 Å². The third-order valence-electron chi connectivity index (χ3n) is 4.64. The van der Waals surface area contributed by atoms with Crippen LogP contribution < -0.4 is 5.32 Å². The number of aromatic nitrogens is 2. The minimum absolute atomic E-state index is 0.459. The number of nitrogens with one attached hydrogen (secondary N) is 1. The van der Waals surface area contributed by atoms with E-state index in [4.69, 9.17) is 4.98 Å². The van der Waals surface area contributed by atoms with Crippen LogP contribution in [0.3, 0.4) is 0 Å². The lowest BCUT2D eigenvalue weighted by molar-refractivity contribution is 0.501. The van der Waals surface area contributed by atoms with Crippen LogP contribution >= 0.6 is 0 Å². The van der Waals surface area contributed by atoms with E-state index in [-0.39, 0.29) is 0 Å². The molecule has 0 spiro atoms. The molecule has 0 saturated carbocycles. The molecular formula is C17H21N3. The van der Waals surface area contributed by atoms with Crippen molar-refractivity contribution in [2.24, 2.45) is 0 Å². The second kappa shape index (κ2) is 4.65. The molecular weight excluding hydrogens is 246 g/mol. The van der Waals surface area contributed by atoms with Crippen LogP contribution in [-0.4, -0.2) is 16.1 Å². The number of nitrogens with zero attached hydrogens (tertiary/aromatic N) is 2. The molecule has 1 atom stereocenters. The summed E-state index contributed by atoms with van der Waals surface area (Å²) in [5.74, 6) is 1.09. The molecule has 1 unspecified atom stereocenters. The van der Waals surface area contributed by atoms with Gasteiger partial charge in [0.1, 0.15) is 0 Å². The molecule has 1 aromatic carbocycles. The first-order chi connectivity index (χ1) is 9.83. The second-order valence-corrected chi connectivity index (χ2v) is 6.05. The summed E-state index contributed by atoms with van der Waals surface area (Å²) >= 11 is 0. The van der Waals surface area contributed by atoms with Gasteiger partial charge in [-0.1, -0.05) is 29.8 Å². The number of benzene rings is 1. The first kappa shape index (κ1) is 12.0. The molecule has 3 nitrogen and oxygen atoms in total. The maximum Gasteiger partial charge on any atom is 0.203 e. The summed E-state index contributed by atoms with van der Waals surface area (Å²) in [6.45, 7) is 3.17. The Morgan fingerprint density at radius 1 is 1.15 bits per heavy atom. The van der Waals surface area contributed by atoms with E-state index in [2.05, 4.69) is 41.1 Å². The molecule has 0 amide bonds. The fourth-order valence-corrected chi connectivity index (χ4v) is 3.58. The summed E-state index contributed by atoms with van der Waals surface area (Å²) in [5, 5.41) is 3.48. The Balaban J connectivity index is 1.81. The molecule has 2 aromatic rings. The van der Waals surface area contributed by atoms with Crippen LogP contribution in [0.25, 0.3) is 0 Å². The first-order valence-electron chi connectivity index (χ1n) is 7.73. The van der Waals surface area contributed by atoms with Crippen LogP contribution in [0.2, 0.25) is 0 Å². The molecule has 2 aliphatic rings. The number of rotatable bonds is 1. The average molecular weight is 267 g/mol. The van der Waals surface area contributed by atoms with Crippen molar-refractivity contribution in [2.75, 3.05) is 11.9 Å². The monoisotopic (exact) mass is 267 g/mol. The molecule has 20 heavy (non-hydrogen) atoms. The van der Waals surface area contributed by atoms with Crippen molar-refractivity contribution in [1.82, 2.24) is 9.55 Å². The molecule has 3 heteroatoms. The van der Waals surface area contributed by atoms with Crippen molar-refractivity contribution in [3.63, 3.8) is 0 Å². The van der Waals surface area contributed by atoms with Gasteiger partial charge < -0.3 is 9.88 Å². The van der Waals surface area contributed by atoms with Crippen molar-refractivity contribution < 1.29 is 0 Å². The Labute approximate surface area is 120 Å². The molecule has 2 heterocycles. The first-order valence-corrected chi connectivity index (χ1v) is 7.73. The lowest BCUT2D eigenvalue weighted by Crippen LogP contribution is -2.25. The summed E-state index contributed by atoms with van der Waals surface area (Å²) in [5.41, 5.74) is 5.56. The van der Waals surface area contributed by atoms with Gasteiger partial charge in [-0.15, -0.1) is 0 Å². The quantitative estimate of drug-likeness (QED) is 0.857. The normalized spacial score (nSPS) is 20.9. The fraction of sp³-hybridized carbons (Fsp3) is 0.471. The van der Waals surface area contributed by atoms with Gasteiger partial charge in [-0.2, -0.15) is 0 Å². The SMILES string of the molecule is Cc1ccc(C2CCNc3nc4c(n32)CCCC4)cc1. The van der Waals surface area contributed by atoms with E-state index < -0.39 is 0 Å². The van der Waals surface area contributed by atoms with Crippen LogP contribution in [0.15, 0.2) is 24.3 Å². The zero-order chi connectivity index (χ0) is 13.5. The molecule has 0 radical (unpaired) electrons. The van der Waals surface area contributed by atoms with Crippen LogP contribution in [0.4, 0.5) is 5.95 Å². The van der Waals surface area contributed by atoms with Gasteiger partial charge in [-0.25, -0.2) is 4.98 Å². The predicted molar refractivity (Wildman–Crippen MR) is 81.3 cm³/mol. The summed E-state index contributed by atoms with van der Waals surface area (Å²) < 4.78 is 2.47. The van der Waals surface area contributed by atoms with E-state index in [1.807, 2.05) is 0 Å². The number of hydrogen-bond acceptors (Lipinski definition) is 2. The van der Waals surface area contributed by atoms with E-state index in [1.54, 1.807) is 0 Å².